The first-order chi connectivity index (χ1) is 12.4. The summed E-state index contributed by atoms with van der Waals surface area (Å²) < 4.78 is 0. The number of hydrogen-bond donors (Lipinski definition) is 0. The van der Waals surface area contributed by atoms with E-state index >= 15 is 0 Å². The third-order valence-corrected chi connectivity index (χ3v) is 25.9. The Morgan fingerprint density at radius 2 is 0.786 bits per heavy atom. The molecule has 0 spiro atoms. The predicted molar refractivity (Wildman–Crippen MR) is 159 cm³/mol. The minimum atomic E-state index is -1.36. The molecule has 0 aromatic carbocycles. The molecule has 0 bridgehead atoms. The average Bonchev–Trinajstić information content (AvgIpc) is 2.39. The van der Waals surface area contributed by atoms with Gasteiger partial charge in [-0.05, 0) is 93.3 Å². The highest BCUT2D eigenvalue weighted by Gasteiger charge is 2.29. The van der Waals surface area contributed by atoms with Crippen LogP contribution in [0, 0.1) is 0 Å². The van der Waals surface area contributed by atoms with E-state index in [1.807, 2.05) is 12.4 Å². The molecule has 162 valence electrons. The molecule has 0 fully saturated rings. The fourth-order valence-corrected chi connectivity index (χ4v) is 27.4. The molecule has 1 aromatic rings. The summed E-state index contributed by atoms with van der Waals surface area (Å²) in [7, 11) is -0.957. The van der Waals surface area contributed by atoms with E-state index in [0.717, 1.165) is 23.6 Å². The van der Waals surface area contributed by atoms with Gasteiger partial charge >= 0.3 is 0 Å². The van der Waals surface area contributed by atoms with Gasteiger partial charge in [-0.15, -0.1) is 0 Å². The van der Waals surface area contributed by atoms with Gasteiger partial charge in [0.1, 0.15) is 0 Å². The van der Waals surface area contributed by atoms with Crippen molar-refractivity contribution in [2.24, 2.45) is 0 Å². The van der Waals surface area contributed by atoms with Crippen molar-refractivity contribution in [1.29, 1.82) is 0 Å². The SMILES string of the molecule is CP(C)(=S)CP(CP(C)(C)=S)c1nccnc1P(CP(C)(C)=S)CP(C)(C)=S. The van der Waals surface area contributed by atoms with E-state index < -0.39 is 40.0 Å². The summed E-state index contributed by atoms with van der Waals surface area (Å²) in [5, 5.41) is 0. The first kappa shape index (κ1) is 28.6. The Bertz CT molecular complexity index is 747. The number of hydrogen-bond acceptors (Lipinski definition) is 6. The topological polar surface area (TPSA) is 25.8 Å². The highest BCUT2D eigenvalue weighted by atomic mass is 32.5. The molecule has 0 saturated heterocycles. The van der Waals surface area contributed by atoms with Gasteiger partial charge < -0.3 is 0 Å². The zero-order valence-corrected chi connectivity index (χ0v) is 26.8. The quantitative estimate of drug-likeness (QED) is 0.347. The van der Waals surface area contributed by atoms with E-state index in [9.17, 15) is 0 Å². The summed E-state index contributed by atoms with van der Waals surface area (Å²) >= 11 is 23.5. The highest BCUT2D eigenvalue weighted by molar-refractivity contribution is 8.20. The lowest BCUT2D eigenvalue weighted by molar-refractivity contribution is 1.28. The summed E-state index contributed by atoms with van der Waals surface area (Å²) in [5.74, 6) is 4.30. The van der Waals surface area contributed by atoms with Gasteiger partial charge in [-0.2, -0.15) is 0 Å². The molecule has 0 N–H and O–H groups in total. The van der Waals surface area contributed by atoms with Crippen LogP contribution in [0.25, 0.3) is 0 Å². The van der Waals surface area contributed by atoms with Gasteiger partial charge in [-0.1, -0.05) is 47.2 Å². The third-order valence-electron chi connectivity index (χ3n) is 3.30. The molecule has 0 aliphatic rings. The first-order valence-corrected chi connectivity index (χ1v) is 27.8. The van der Waals surface area contributed by atoms with Crippen molar-refractivity contribution >= 4 is 98.1 Å². The number of aromatic nitrogens is 2. The smallest absolute Gasteiger partial charge is 0.0897 e. The third kappa shape index (κ3) is 12.5. The second-order valence-electron chi connectivity index (χ2n) is 9.14. The molecule has 12 heteroatoms. The molecule has 28 heavy (non-hydrogen) atoms. The maximum Gasteiger partial charge on any atom is 0.0897 e. The largest absolute Gasteiger partial charge is 0.253 e. The van der Waals surface area contributed by atoms with Gasteiger partial charge in [0, 0.05) is 36.0 Å². The Kier molecular flexibility index (Phi) is 11.3. The van der Waals surface area contributed by atoms with E-state index in [1.165, 1.54) is 10.9 Å². The van der Waals surface area contributed by atoms with E-state index in [1.54, 1.807) is 0 Å². The molecule has 0 radical (unpaired) electrons. The monoisotopic (exact) mass is 568 g/mol. The van der Waals surface area contributed by atoms with Crippen LogP contribution in [-0.4, -0.2) is 86.9 Å². The molecule has 0 unspecified atom stereocenters. The van der Waals surface area contributed by atoms with Gasteiger partial charge in [-0.25, -0.2) is 0 Å². The van der Waals surface area contributed by atoms with E-state index in [2.05, 4.69) is 53.3 Å². The Balaban J connectivity index is 3.53. The lowest BCUT2D eigenvalue weighted by Crippen LogP contribution is -2.30. The maximum absolute atomic E-state index is 5.87. The minimum absolute atomic E-state index is 0.479. The second kappa shape index (κ2) is 11.1. The van der Waals surface area contributed by atoms with Gasteiger partial charge in [0.25, 0.3) is 0 Å². The van der Waals surface area contributed by atoms with Crippen LogP contribution in [0.15, 0.2) is 12.4 Å². The van der Waals surface area contributed by atoms with Gasteiger partial charge in [0.15, 0.2) is 0 Å². The van der Waals surface area contributed by atoms with Crippen molar-refractivity contribution in [2.45, 2.75) is 0 Å². The molecule has 1 aromatic heterocycles. The van der Waals surface area contributed by atoms with Crippen LogP contribution in [0.1, 0.15) is 0 Å². The standard InChI is InChI=1S/C16H34N2P6S4/c1-21(2,25)11-19(12-22(3,4)26)15-16(18-10-9-17-15)20(13-23(5,6)27)14-24(7,8)28/h9-10H,11-14H2,1-8H3. The highest BCUT2D eigenvalue weighted by Crippen LogP contribution is 2.61. The van der Waals surface area contributed by atoms with Crippen molar-refractivity contribution in [3.05, 3.63) is 12.4 Å². The Labute approximate surface area is 196 Å². The molecule has 0 aliphatic heterocycles. The van der Waals surface area contributed by atoms with Crippen LogP contribution < -0.4 is 10.9 Å². The van der Waals surface area contributed by atoms with Crippen LogP contribution in [0.3, 0.4) is 0 Å². The van der Waals surface area contributed by atoms with E-state index in [4.69, 9.17) is 57.2 Å². The fourth-order valence-electron chi connectivity index (χ4n) is 2.77. The van der Waals surface area contributed by atoms with Gasteiger partial charge in [-0.3, -0.25) is 9.97 Å². The molecule has 2 nitrogen and oxygen atoms in total. The molecule has 1 rings (SSSR count). The van der Waals surface area contributed by atoms with Gasteiger partial charge in [0.05, 0.1) is 10.9 Å². The average molecular weight is 569 g/mol. The van der Waals surface area contributed by atoms with Crippen LogP contribution in [0.4, 0.5) is 0 Å². The molecule has 1 heterocycles. The predicted octanol–water partition coefficient (Wildman–Crippen LogP) is 5.48. The van der Waals surface area contributed by atoms with Gasteiger partial charge in [0.2, 0.25) is 0 Å². The fraction of sp³-hybridized carbons (Fsp3) is 0.750. The molecule has 0 aliphatic carbocycles. The molecular weight excluding hydrogens is 534 g/mol. The summed E-state index contributed by atoms with van der Waals surface area (Å²) in [5.41, 5.74) is 2.43. The summed E-state index contributed by atoms with van der Waals surface area (Å²) in [6.45, 7) is 18.0. The van der Waals surface area contributed by atoms with Crippen molar-refractivity contribution in [2.75, 3.05) is 76.9 Å². The second-order valence-corrected chi connectivity index (χ2v) is 41.1. The van der Waals surface area contributed by atoms with E-state index in [0.29, 0.717) is 0 Å². The maximum atomic E-state index is 5.87. The molecular formula is C16H34N2P6S4. The first-order valence-electron chi connectivity index (χ1n) is 8.83. The molecule has 0 saturated carbocycles. The summed E-state index contributed by atoms with van der Waals surface area (Å²) in [4.78, 5) is 9.82. The minimum Gasteiger partial charge on any atom is -0.253 e. The lowest BCUT2D eigenvalue weighted by atomic mass is 10.8. The zero-order valence-electron chi connectivity index (χ0n) is 18.2. The Morgan fingerprint density at radius 3 is 0.964 bits per heavy atom. The van der Waals surface area contributed by atoms with Crippen LogP contribution >= 0.6 is 40.0 Å². The number of rotatable bonds is 10. The lowest BCUT2D eigenvalue weighted by Gasteiger charge is -2.30. The zero-order chi connectivity index (χ0) is 22.0. The van der Waals surface area contributed by atoms with Crippen LogP contribution in [-0.2, 0) is 47.2 Å². The van der Waals surface area contributed by atoms with Crippen LogP contribution in [0.5, 0.6) is 0 Å². The summed E-state index contributed by atoms with van der Waals surface area (Å²) in [6.07, 6.45) is 3.71. The molecule has 0 atom stereocenters. The van der Waals surface area contributed by atoms with E-state index in [-0.39, 0.29) is 0 Å². The van der Waals surface area contributed by atoms with Crippen LogP contribution in [0.2, 0.25) is 0 Å². The van der Waals surface area contributed by atoms with Crippen molar-refractivity contribution < 1.29 is 0 Å². The van der Waals surface area contributed by atoms with Crippen molar-refractivity contribution in [3.8, 4) is 0 Å². The molecule has 0 amide bonds. The summed E-state index contributed by atoms with van der Waals surface area (Å²) in [6, 6.07) is -5.44. The van der Waals surface area contributed by atoms with Crippen molar-refractivity contribution in [1.82, 2.24) is 9.97 Å². The Morgan fingerprint density at radius 1 is 0.571 bits per heavy atom. The van der Waals surface area contributed by atoms with Crippen molar-refractivity contribution in [3.63, 3.8) is 0 Å². The normalized spacial score (nSPS) is 14.1. The number of nitrogens with zero attached hydrogens (tertiary/aromatic N) is 2. The Hall–Kier alpha value is 2.54.